The molecule has 0 unspecified atom stereocenters. The summed E-state index contributed by atoms with van der Waals surface area (Å²) in [6.07, 6.45) is -2.35. The molecule has 0 fully saturated rings. The van der Waals surface area contributed by atoms with Crippen molar-refractivity contribution in [2.24, 2.45) is 0 Å². The Morgan fingerprint density at radius 2 is 2.06 bits per heavy atom. The molecule has 1 rings (SSSR count). The van der Waals surface area contributed by atoms with Gasteiger partial charge in [-0.2, -0.15) is 13.2 Å². The Morgan fingerprint density at radius 3 is 2.62 bits per heavy atom. The van der Waals surface area contributed by atoms with E-state index in [2.05, 4.69) is 11.3 Å². The van der Waals surface area contributed by atoms with Crippen LogP contribution in [-0.4, -0.2) is 12.8 Å². The van der Waals surface area contributed by atoms with E-state index in [1.807, 2.05) is 0 Å². The van der Waals surface area contributed by atoms with Crippen LogP contribution in [-0.2, 0) is 6.42 Å². The van der Waals surface area contributed by atoms with Crippen LogP contribution in [0, 0.1) is 0 Å². The Labute approximate surface area is 91.5 Å². The number of nitrogen functional groups attached to an aromatic ring is 1. The number of hydrogen-bond donors (Lipinski definition) is 1. The Kier molecular flexibility index (Phi) is 3.82. The van der Waals surface area contributed by atoms with Gasteiger partial charge in [0.2, 0.25) is 0 Å². The predicted molar refractivity (Wildman–Crippen MR) is 56.3 cm³/mol. The maximum absolute atomic E-state index is 12.0. The highest BCUT2D eigenvalue weighted by Crippen LogP contribution is 2.24. The minimum atomic E-state index is -4.34. The molecule has 0 radical (unpaired) electrons. The average Bonchev–Trinajstić information content (AvgIpc) is 2.15. The lowest BCUT2D eigenvalue weighted by Crippen LogP contribution is -2.19. The zero-order valence-electron chi connectivity index (χ0n) is 8.55. The maximum Gasteiger partial charge on any atom is 0.422 e. The van der Waals surface area contributed by atoms with Gasteiger partial charge in [-0.25, -0.2) is 0 Å². The summed E-state index contributed by atoms with van der Waals surface area (Å²) >= 11 is 0. The highest BCUT2D eigenvalue weighted by atomic mass is 19.4. The maximum atomic E-state index is 12.0. The van der Waals surface area contributed by atoms with Crippen molar-refractivity contribution in [1.29, 1.82) is 0 Å². The van der Waals surface area contributed by atoms with E-state index in [4.69, 9.17) is 5.73 Å². The van der Waals surface area contributed by atoms with Crippen LogP contribution in [0.3, 0.4) is 0 Å². The minimum Gasteiger partial charge on any atom is -0.484 e. The van der Waals surface area contributed by atoms with Crippen molar-refractivity contribution < 1.29 is 17.9 Å². The molecular formula is C11H12F3NO. The summed E-state index contributed by atoms with van der Waals surface area (Å²) in [7, 11) is 0. The first kappa shape index (κ1) is 12.4. The molecule has 0 heterocycles. The zero-order chi connectivity index (χ0) is 12.2. The van der Waals surface area contributed by atoms with Gasteiger partial charge in [0.05, 0.1) is 0 Å². The predicted octanol–water partition coefficient (Wildman–Crippen LogP) is 2.94. The molecule has 1 aromatic rings. The van der Waals surface area contributed by atoms with Crippen LogP contribution in [0.4, 0.5) is 18.9 Å². The SMILES string of the molecule is C=CCc1cc(N)ccc1OCC(F)(F)F. The monoisotopic (exact) mass is 231 g/mol. The molecular weight excluding hydrogens is 219 g/mol. The number of benzene rings is 1. The number of anilines is 1. The van der Waals surface area contributed by atoms with Crippen LogP contribution in [0.25, 0.3) is 0 Å². The molecule has 1 aromatic carbocycles. The molecule has 5 heteroatoms. The minimum absolute atomic E-state index is 0.187. The van der Waals surface area contributed by atoms with Crippen molar-refractivity contribution in [3.8, 4) is 5.75 Å². The molecule has 16 heavy (non-hydrogen) atoms. The smallest absolute Gasteiger partial charge is 0.422 e. The first-order chi connectivity index (χ1) is 7.42. The van der Waals surface area contributed by atoms with Gasteiger partial charge in [0.1, 0.15) is 5.75 Å². The molecule has 0 aliphatic carbocycles. The van der Waals surface area contributed by atoms with Gasteiger partial charge < -0.3 is 10.5 Å². The molecule has 0 saturated heterocycles. The van der Waals surface area contributed by atoms with E-state index in [0.717, 1.165) is 0 Å². The highest BCUT2D eigenvalue weighted by molar-refractivity contribution is 5.48. The molecule has 0 bridgehead atoms. The van der Waals surface area contributed by atoms with Crippen LogP contribution in [0.1, 0.15) is 5.56 Å². The van der Waals surface area contributed by atoms with Crippen molar-refractivity contribution >= 4 is 5.69 Å². The number of hydrogen-bond acceptors (Lipinski definition) is 2. The van der Waals surface area contributed by atoms with E-state index in [9.17, 15) is 13.2 Å². The van der Waals surface area contributed by atoms with Gasteiger partial charge in [0.15, 0.2) is 6.61 Å². The molecule has 2 N–H and O–H groups in total. The summed E-state index contributed by atoms with van der Waals surface area (Å²) in [4.78, 5) is 0. The number of ether oxygens (including phenoxy) is 1. The zero-order valence-corrected chi connectivity index (χ0v) is 8.55. The average molecular weight is 231 g/mol. The van der Waals surface area contributed by atoms with Crippen LogP contribution in [0.2, 0.25) is 0 Å². The third kappa shape index (κ3) is 3.84. The van der Waals surface area contributed by atoms with Crippen molar-refractivity contribution in [2.75, 3.05) is 12.3 Å². The fourth-order valence-corrected chi connectivity index (χ4v) is 1.21. The van der Waals surface area contributed by atoms with E-state index in [1.54, 1.807) is 12.1 Å². The van der Waals surface area contributed by atoms with Crippen molar-refractivity contribution in [3.05, 3.63) is 36.4 Å². The van der Waals surface area contributed by atoms with E-state index < -0.39 is 12.8 Å². The van der Waals surface area contributed by atoms with Crippen molar-refractivity contribution in [1.82, 2.24) is 0 Å². The molecule has 0 aliphatic heterocycles. The summed E-state index contributed by atoms with van der Waals surface area (Å²) in [5.41, 5.74) is 6.61. The Bertz CT molecular complexity index is 374. The molecule has 0 aromatic heterocycles. The number of allylic oxidation sites excluding steroid dienone is 1. The fourth-order valence-electron chi connectivity index (χ4n) is 1.21. The van der Waals surface area contributed by atoms with Crippen LogP contribution in [0.5, 0.6) is 5.75 Å². The molecule has 0 aliphatic rings. The first-order valence-electron chi connectivity index (χ1n) is 4.61. The second kappa shape index (κ2) is 4.92. The summed E-state index contributed by atoms with van der Waals surface area (Å²) < 4.78 is 40.6. The van der Waals surface area contributed by atoms with E-state index >= 15 is 0 Å². The second-order valence-electron chi connectivity index (χ2n) is 3.26. The van der Waals surface area contributed by atoms with Crippen LogP contribution < -0.4 is 10.5 Å². The lowest BCUT2D eigenvalue weighted by molar-refractivity contribution is -0.153. The van der Waals surface area contributed by atoms with Gasteiger partial charge in [-0.05, 0) is 30.2 Å². The number of halogens is 3. The van der Waals surface area contributed by atoms with Gasteiger partial charge in [-0.15, -0.1) is 6.58 Å². The second-order valence-corrected chi connectivity index (χ2v) is 3.26. The summed E-state index contributed by atoms with van der Waals surface area (Å²) in [6.45, 7) is 2.21. The van der Waals surface area contributed by atoms with Gasteiger partial charge in [0, 0.05) is 5.69 Å². The standard InChI is InChI=1S/C11H12F3NO/c1-2-3-8-6-9(15)4-5-10(8)16-7-11(12,13)14/h2,4-6H,1,3,7,15H2. The Morgan fingerprint density at radius 1 is 1.38 bits per heavy atom. The first-order valence-corrected chi connectivity index (χ1v) is 4.61. The summed E-state index contributed by atoms with van der Waals surface area (Å²) in [6, 6.07) is 4.51. The van der Waals surface area contributed by atoms with Gasteiger partial charge in [-0.3, -0.25) is 0 Å². The molecule has 0 saturated carbocycles. The Balaban J connectivity index is 2.82. The van der Waals surface area contributed by atoms with Crippen LogP contribution in [0.15, 0.2) is 30.9 Å². The quantitative estimate of drug-likeness (QED) is 0.638. The van der Waals surface area contributed by atoms with Crippen LogP contribution >= 0.6 is 0 Å². The number of alkyl halides is 3. The third-order valence-corrected chi connectivity index (χ3v) is 1.84. The molecule has 0 amide bonds. The van der Waals surface area contributed by atoms with E-state index in [-0.39, 0.29) is 5.75 Å². The lowest BCUT2D eigenvalue weighted by Gasteiger charge is -2.12. The lowest BCUT2D eigenvalue weighted by atomic mass is 10.1. The molecule has 0 spiro atoms. The van der Waals surface area contributed by atoms with Crippen molar-refractivity contribution in [3.63, 3.8) is 0 Å². The van der Waals surface area contributed by atoms with E-state index in [0.29, 0.717) is 17.7 Å². The summed E-state index contributed by atoms with van der Waals surface area (Å²) in [5, 5.41) is 0. The van der Waals surface area contributed by atoms with Crippen molar-refractivity contribution in [2.45, 2.75) is 12.6 Å². The molecule has 88 valence electrons. The fraction of sp³-hybridized carbons (Fsp3) is 0.273. The topological polar surface area (TPSA) is 35.2 Å². The third-order valence-electron chi connectivity index (χ3n) is 1.84. The molecule has 2 nitrogen and oxygen atoms in total. The number of nitrogens with two attached hydrogens (primary N) is 1. The molecule has 0 atom stereocenters. The van der Waals surface area contributed by atoms with Gasteiger partial charge in [0.25, 0.3) is 0 Å². The summed E-state index contributed by atoms with van der Waals surface area (Å²) in [5.74, 6) is 0.187. The van der Waals surface area contributed by atoms with Gasteiger partial charge >= 0.3 is 6.18 Å². The number of rotatable bonds is 4. The largest absolute Gasteiger partial charge is 0.484 e. The van der Waals surface area contributed by atoms with Gasteiger partial charge in [-0.1, -0.05) is 6.08 Å². The van der Waals surface area contributed by atoms with E-state index in [1.165, 1.54) is 12.1 Å². The highest BCUT2D eigenvalue weighted by Gasteiger charge is 2.28. The normalized spacial score (nSPS) is 11.2. The Hall–Kier alpha value is -1.65.